The second-order valence-electron chi connectivity index (χ2n) is 7.39. The molecule has 182 valence electrons. The highest BCUT2D eigenvalue weighted by atomic mass is 32.2. The molecule has 1 fully saturated rings. The van der Waals surface area contributed by atoms with E-state index in [4.69, 9.17) is 0 Å². The van der Waals surface area contributed by atoms with Crippen LogP contribution in [-0.4, -0.2) is 57.5 Å². The van der Waals surface area contributed by atoms with Gasteiger partial charge in [0.15, 0.2) is 0 Å². The number of nitrogens with one attached hydrogen (secondary N) is 2. The minimum atomic E-state index is -5.39. The molecule has 1 aliphatic heterocycles. The maximum absolute atomic E-state index is 12.9. The summed E-state index contributed by atoms with van der Waals surface area (Å²) in [6.45, 7) is -0.426. The molecule has 1 heterocycles. The highest BCUT2D eigenvalue weighted by Crippen LogP contribution is 2.31. The van der Waals surface area contributed by atoms with Gasteiger partial charge in [0.2, 0.25) is 0 Å². The van der Waals surface area contributed by atoms with Gasteiger partial charge < -0.3 is 10.2 Å². The molecule has 2 rings (SSSR count). The van der Waals surface area contributed by atoms with Crippen molar-refractivity contribution >= 4 is 15.9 Å². The zero-order valence-electron chi connectivity index (χ0n) is 16.7. The summed E-state index contributed by atoms with van der Waals surface area (Å²) in [5.41, 5.74) is -7.06. The van der Waals surface area contributed by atoms with Crippen LogP contribution in [0.15, 0.2) is 18.2 Å². The normalized spacial score (nSPS) is 16.8. The van der Waals surface area contributed by atoms with E-state index in [0.717, 1.165) is 6.07 Å². The van der Waals surface area contributed by atoms with Crippen LogP contribution in [0.2, 0.25) is 0 Å². The van der Waals surface area contributed by atoms with Crippen LogP contribution in [-0.2, 0) is 22.9 Å². The second kappa shape index (κ2) is 10.3. The fourth-order valence-corrected chi connectivity index (χ4v) is 3.76. The Bertz CT molecular complexity index is 896. The molecule has 0 atom stereocenters. The minimum absolute atomic E-state index is 0.0199. The van der Waals surface area contributed by atoms with E-state index in [1.165, 1.54) is 4.72 Å². The van der Waals surface area contributed by atoms with Crippen molar-refractivity contribution < 1.29 is 43.9 Å². The number of likely N-dealkylation sites (tertiary alicyclic amines) is 1. The first kappa shape index (κ1) is 26.3. The molecule has 2 N–H and O–H groups in total. The van der Waals surface area contributed by atoms with E-state index in [0.29, 0.717) is 38.1 Å². The predicted octanol–water partition coefficient (Wildman–Crippen LogP) is 3.06. The van der Waals surface area contributed by atoms with Crippen LogP contribution >= 0.6 is 0 Å². The summed E-state index contributed by atoms with van der Waals surface area (Å²) in [5, 5.41) is 2.53. The van der Waals surface area contributed by atoms with Gasteiger partial charge in [-0.1, -0.05) is 0 Å². The molecule has 6 nitrogen and oxygen atoms in total. The van der Waals surface area contributed by atoms with Crippen molar-refractivity contribution in [3.05, 3.63) is 34.9 Å². The van der Waals surface area contributed by atoms with Crippen LogP contribution in [0.5, 0.6) is 0 Å². The van der Waals surface area contributed by atoms with Crippen molar-refractivity contribution in [1.82, 2.24) is 14.9 Å². The summed E-state index contributed by atoms with van der Waals surface area (Å²) in [4.78, 5) is 14.0. The van der Waals surface area contributed by atoms with Crippen molar-refractivity contribution in [2.75, 3.05) is 32.7 Å². The zero-order chi connectivity index (χ0) is 24.2. The quantitative estimate of drug-likeness (QED) is 0.546. The third-order valence-electron chi connectivity index (χ3n) is 5.02. The topological polar surface area (TPSA) is 78.5 Å². The van der Waals surface area contributed by atoms with Gasteiger partial charge in [0, 0.05) is 25.2 Å². The second-order valence-corrected chi connectivity index (χ2v) is 9.15. The van der Waals surface area contributed by atoms with Gasteiger partial charge in [-0.2, -0.15) is 26.3 Å². The molecular weight excluding hydrogens is 471 g/mol. The molecule has 32 heavy (non-hydrogen) atoms. The standard InChI is InChI=1S/C18H22F7N3O3S/c19-10-13-7-14(9-15(8-13)17(20,21)22)16(29)26-11-12-1-4-28(5-2-12)6-3-27-32(30,31)18(23,24)25/h7-9,12,27H,1-6,10-11H2,(H,26,29). The average molecular weight is 493 g/mol. The lowest BCUT2D eigenvalue weighted by Gasteiger charge is -2.32. The van der Waals surface area contributed by atoms with Crippen LogP contribution in [0.25, 0.3) is 0 Å². The number of hydrogen-bond donors (Lipinski definition) is 2. The molecule has 1 aliphatic rings. The highest BCUT2D eigenvalue weighted by Gasteiger charge is 2.45. The molecule has 0 radical (unpaired) electrons. The number of hydrogen-bond acceptors (Lipinski definition) is 4. The van der Waals surface area contributed by atoms with E-state index in [2.05, 4.69) is 5.32 Å². The minimum Gasteiger partial charge on any atom is -0.352 e. The first-order valence-corrected chi connectivity index (χ1v) is 11.0. The van der Waals surface area contributed by atoms with E-state index in [9.17, 15) is 43.9 Å². The number of amides is 1. The Hall–Kier alpha value is -1.93. The van der Waals surface area contributed by atoms with E-state index in [1.54, 1.807) is 4.90 Å². The number of carbonyl (C=O) groups excluding carboxylic acids is 1. The number of carbonyl (C=O) groups is 1. The number of halogens is 7. The Morgan fingerprint density at radius 2 is 1.69 bits per heavy atom. The number of benzene rings is 1. The Kier molecular flexibility index (Phi) is 8.50. The summed E-state index contributed by atoms with van der Waals surface area (Å²) >= 11 is 0. The molecule has 14 heteroatoms. The number of rotatable bonds is 8. The van der Waals surface area contributed by atoms with Crippen LogP contribution in [0.1, 0.15) is 34.3 Å². The largest absolute Gasteiger partial charge is 0.511 e. The molecule has 0 unspecified atom stereocenters. The predicted molar refractivity (Wildman–Crippen MR) is 101 cm³/mol. The van der Waals surface area contributed by atoms with Crippen molar-refractivity contribution in [3.8, 4) is 0 Å². The Balaban J connectivity index is 1.81. The molecule has 1 amide bonds. The Morgan fingerprint density at radius 1 is 1.06 bits per heavy atom. The maximum Gasteiger partial charge on any atom is 0.511 e. The van der Waals surface area contributed by atoms with Gasteiger partial charge in [0.05, 0.1) is 5.56 Å². The van der Waals surface area contributed by atoms with Crippen molar-refractivity contribution in [2.45, 2.75) is 31.2 Å². The summed E-state index contributed by atoms with van der Waals surface area (Å²) in [6, 6.07) is 2.34. The van der Waals surface area contributed by atoms with Crippen molar-refractivity contribution in [3.63, 3.8) is 0 Å². The number of piperidine rings is 1. The molecule has 1 saturated heterocycles. The summed E-state index contributed by atoms with van der Waals surface area (Å²) in [6.07, 6.45) is -3.63. The van der Waals surface area contributed by atoms with Gasteiger partial charge >= 0.3 is 21.7 Å². The fraction of sp³-hybridized carbons (Fsp3) is 0.611. The van der Waals surface area contributed by atoms with E-state index >= 15 is 0 Å². The van der Waals surface area contributed by atoms with Crippen LogP contribution in [0.4, 0.5) is 30.7 Å². The smallest absolute Gasteiger partial charge is 0.352 e. The van der Waals surface area contributed by atoms with Crippen LogP contribution < -0.4 is 10.0 Å². The van der Waals surface area contributed by atoms with E-state index in [1.807, 2.05) is 0 Å². The van der Waals surface area contributed by atoms with Crippen molar-refractivity contribution in [1.29, 1.82) is 0 Å². The lowest BCUT2D eigenvalue weighted by Crippen LogP contribution is -2.44. The summed E-state index contributed by atoms with van der Waals surface area (Å²) < 4.78 is 112. The van der Waals surface area contributed by atoms with Gasteiger partial charge in [-0.3, -0.25) is 4.79 Å². The Labute approximate surface area is 180 Å². The van der Waals surface area contributed by atoms with Crippen LogP contribution in [0, 0.1) is 5.92 Å². The van der Waals surface area contributed by atoms with E-state index in [-0.39, 0.29) is 30.1 Å². The number of sulfonamides is 1. The molecular formula is C18H22F7N3O3S. The fourth-order valence-electron chi connectivity index (χ4n) is 3.24. The molecule has 0 bridgehead atoms. The molecule has 0 saturated carbocycles. The highest BCUT2D eigenvalue weighted by molar-refractivity contribution is 7.90. The van der Waals surface area contributed by atoms with E-state index < -0.39 is 46.4 Å². The number of nitrogens with zero attached hydrogens (tertiary/aromatic N) is 1. The third-order valence-corrected chi connectivity index (χ3v) is 6.21. The molecule has 1 aromatic rings. The lowest BCUT2D eigenvalue weighted by atomic mass is 9.96. The van der Waals surface area contributed by atoms with Crippen molar-refractivity contribution in [2.24, 2.45) is 5.92 Å². The lowest BCUT2D eigenvalue weighted by molar-refractivity contribution is -0.137. The molecule has 1 aromatic carbocycles. The SMILES string of the molecule is O=C(NCC1CCN(CCNS(=O)(=O)C(F)(F)F)CC1)c1cc(CF)cc(C(F)(F)F)c1. The van der Waals surface area contributed by atoms with Gasteiger partial charge in [-0.05, 0) is 55.6 Å². The molecule has 0 spiro atoms. The molecule has 0 aliphatic carbocycles. The Morgan fingerprint density at radius 3 is 2.22 bits per heavy atom. The first-order chi connectivity index (χ1) is 14.7. The molecule has 0 aromatic heterocycles. The van der Waals surface area contributed by atoms with Crippen LogP contribution in [0.3, 0.4) is 0 Å². The van der Waals surface area contributed by atoms with Gasteiger partial charge in [0.25, 0.3) is 5.91 Å². The monoisotopic (exact) mass is 493 g/mol. The van der Waals surface area contributed by atoms with Gasteiger partial charge in [-0.15, -0.1) is 0 Å². The third kappa shape index (κ3) is 7.30. The van der Waals surface area contributed by atoms with Gasteiger partial charge in [-0.25, -0.2) is 17.5 Å². The summed E-state index contributed by atoms with van der Waals surface area (Å²) in [7, 11) is -5.39. The first-order valence-electron chi connectivity index (χ1n) is 9.56. The van der Waals surface area contributed by atoms with Gasteiger partial charge in [0.1, 0.15) is 6.67 Å². The summed E-state index contributed by atoms with van der Waals surface area (Å²) in [5.74, 6) is -0.789. The number of alkyl halides is 7. The zero-order valence-corrected chi connectivity index (χ0v) is 17.5. The maximum atomic E-state index is 12.9. The average Bonchev–Trinajstić information content (AvgIpc) is 2.71.